The first-order valence-corrected chi connectivity index (χ1v) is 7.94. The Balaban J connectivity index is 0.00000144. The van der Waals surface area contributed by atoms with Gasteiger partial charge in [-0.25, -0.2) is 4.98 Å². The molecule has 2 aromatic carbocycles. The topological polar surface area (TPSA) is 40.2 Å². The number of hydrogen-bond donors (Lipinski definition) is 1. The van der Waals surface area contributed by atoms with Crippen molar-refractivity contribution in [2.45, 2.75) is 20.3 Å². The summed E-state index contributed by atoms with van der Waals surface area (Å²) in [6, 6.07) is 13.5. The third kappa shape index (κ3) is 2.54. The number of nitrogens with one attached hydrogen (secondary N) is 1. The quantitative estimate of drug-likeness (QED) is 0.459. The molecule has 0 radical (unpaired) electrons. The van der Waals surface area contributed by atoms with E-state index in [1.165, 1.54) is 44.0 Å². The molecular weight excluding hydrogens is 403 g/mol. The first-order chi connectivity index (χ1) is 10.1. The zero-order chi connectivity index (χ0) is 14.6. The van der Waals surface area contributed by atoms with Crippen LogP contribution in [0, 0.1) is 13.8 Å². The van der Waals surface area contributed by atoms with E-state index in [1.807, 2.05) is 0 Å². The number of thiazole rings is 1. The van der Waals surface area contributed by atoms with Crippen LogP contribution in [-0.4, -0.2) is 0 Å². The number of H-pyrrole nitrogens is 1. The number of nitrogens with two attached hydrogens (primary N) is 1. The normalized spacial score (nSPS) is 11.7. The summed E-state index contributed by atoms with van der Waals surface area (Å²) < 4.78 is 0. The fraction of sp³-hybridized carbons (Fsp3) is 0.167. The standard InChI is InChI=1S/C18H16N2S.HI/c1-10-5-11(2)7-13(6-10)12-3-4-15-14(8-12)9-16-17(15)20-18(19)21-16;/h3-8H,9H2,1-2H3,(H2,19,20);1H. The third-order valence-corrected chi connectivity index (χ3v) is 4.96. The molecule has 0 aliphatic heterocycles. The van der Waals surface area contributed by atoms with Gasteiger partial charge >= 0.3 is 5.13 Å². The van der Waals surface area contributed by atoms with Crippen LogP contribution in [0.1, 0.15) is 21.6 Å². The van der Waals surface area contributed by atoms with Gasteiger partial charge in [-0.2, -0.15) is 0 Å². The van der Waals surface area contributed by atoms with Gasteiger partial charge in [0.1, 0.15) is 5.69 Å². The van der Waals surface area contributed by atoms with Gasteiger partial charge < -0.3 is 24.0 Å². The van der Waals surface area contributed by atoms with Crippen LogP contribution in [0.3, 0.4) is 0 Å². The van der Waals surface area contributed by atoms with Gasteiger partial charge in [0.15, 0.2) is 0 Å². The number of hydrogen-bond acceptors (Lipinski definition) is 2. The molecule has 1 aliphatic rings. The average molecular weight is 420 g/mol. The summed E-state index contributed by atoms with van der Waals surface area (Å²) in [5.74, 6) is 0. The molecule has 1 aromatic heterocycles. The van der Waals surface area contributed by atoms with Crippen molar-refractivity contribution in [3.05, 3.63) is 58.0 Å². The summed E-state index contributed by atoms with van der Waals surface area (Å²) in [5, 5.41) is 0.795. The van der Waals surface area contributed by atoms with Gasteiger partial charge in [-0.05, 0) is 36.6 Å². The first-order valence-electron chi connectivity index (χ1n) is 7.12. The van der Waals surface area contributed by atoms with E-state index in [9.17, 15) is 0 Å². The van der Waals surface area contributed by atoms with E-state index < -0.39 is 0 Å². The van der Waals surface area contributed by atoms with Crippen molar-refractivity contribution >= 4 is 16.5 Å². The molecule has 1 aliphatic carbocycles. The number of benzene rings is 2. The summed E-state index contributed by atoms with van der Waals surface area (Å²) in [6.45, 7) is 4.30. The second kappa shape index (κ2) is 5.66. The van der Waals surface area contributed by atoms with Crippen LogP contribution in [0.15, 0.2) is 36.4 Å². The van der Waals surface area contributed by atoms with Crippen LogP contribution < -0.4 is 34.7 Å². The molecule has 4 heteroatoms. The Morgan fingerprint density at radius 1 is 1.00 bits per heavy atom. The highest BCUT2D eigenvalue weighted by Gasteiger charge is 2.25. The minimum atomic E-state index is 0. The van der Waals surface area contributed by atoms with Crippen molar-refractivity contribution in [1.29, 1.82) is 0 Å². The lowest BCUT2D eigenvalue weighted by molar-refractivity contribution is -0.340. The Labute approximate surface area is 151 Å². The molecule has 0 unspecified atom stereocenters. The van der Waals surface area contributed by atoms with E-state index in [0.29, 0.717) is 0 Å². The fourth-order valence-corrected chi connectivity index (χ4v) is 4.13. The number of aromatic nitrogens is 1. The lowest BCUT2D eigenvalue weighted by atomic mass is 9.97. The Kier molecular flexibility index (Phi) is 3.99. The number of fused-ring (bicyclic) bond motifs is 3. The molecule has 0 amide bonds. The van der Waals surface area contributed by atoms with Crippen molar-refractivity contribution in [3.63, 3.8) is 0 Å². The van der Waals surface area contributed by atoms with E-state index in [4.69, 9.17) is 5.73 Å². The van der Waals surface area contributed by atoms with Gasteiger partial charge in [-0.1, -0.05) is 52.8 Å². The number of anilines is 1. The highest BCUT2D eigenvalue weighted by Crippen LogP contribution is 2.39. The average Bonchev–Trinajstić information content (AvgIpc) is 2.92. The summed E-state index contributed by atoms with van der Waals surface area (Å²) in [5.41, 5.74) is 15.0. The SMILES string of the molecule is Cc1cc(C)cc(-c2ccc3c(c2)Cc2sc(N)[nH+]c2-3)c1.[I-]. The van der Waals surface area contributed by atoms with E-state index in [-0.39, 0.29) is 24.0 Å². The lowest BCUT2D eigenvalue weighted by Gasteiger charge is -2.07. The lowest BCUT2D eigenvalue weighted by Crippen LogP contribution is -3.00. The van der Waals surface area contributed by atoms with Gasteiger partial charge in [0.2, 0.25) is 0 Å². The number of nitrogen functional groups attached to an aromatic ring is 1. The van der Waals surface area contributed by atoms with Crippen molar-refractivity contribution in [2.24, 2.45) is 0 Å². The first kappa shape index (κ1) is 15.5. The van der Waals surface area contributed by atoms with Crippen molar-refractivity contribution in [3.8, 4) is 22.4 Å². The Morgan fingerprint density at radius 2 is 1.73 bits per heavy atom. The Bertz CT molecular complexity index is 847. The highest BCUT2D eigenvalue weighted by atomic mass is 127. The molecule has 2 nitrogen and oxygen atoms in total. The Morgan fingerprint density at radius 3 is 2.45 bits per heavy atom. The van der Waals surface area contributed by atoms with Gasteiger partial charge in [0.25, 0.3) is 0 Å². The number of aromatic amines is 1. The molecule has 3 N–H and O–H groups in total. The molecule has 0 saturated carbocycles. The van der Waals surface area contributed by atoms with E-state index in [0.717, 1.165) is 11.6 Å². The minimum absolute atomic E-state index is 0. The molecule has 0 atom stereocenters. The summed E-state index contributed by atoms with van der Waals surface area (Å²) in [6.07, 6.45) is 0.988. The summed E-state index contributed by atoms with van der Waals surface area (Å²) in [7, 11) is 0. The van der Waals surface area contributed by atoms with Crippen LogP contribution in [0.2, 0.25) is 0 Å². The molecule has 22 heavy (non-hydrogen) atoms. The van der Waals surface area contributed by atoms with Crippen molar-refractivity contribution in [2.75, 3.05) is 5.73 Å². The molecule has 112 valence electrons. The van der Waals surface area contributed by atoms with Gasteiger partial charge in [0, 0.05) is 12.0 Å². The molecule has 0 spiro atoms. The number of halogens is 1. The second-order valence-corrected chi connectivity index (χ2v) is 6.95. The molecular formula is C18H17IN2S. The van der Waals surface area contributed by atoms with Gasteiger partial charge in [-0.3, -0.25) is 5.73 Å². The third-order valence-electron chi connectivity index (χ3n) is 4.04. The van der Waals surface area contributed by atoms with Crippen molar-refractivity contribution < 1.29 is 29.0 Å². The molecule has 0 bridgehead atoms. The van der Waals surface area contributed by atoms with Crippen molar-refractivity contribution in [1.82, 2.24) is 0 Å². The molecule has 0 saturated heterocycles. The van der Waals surface area contributed by atoms with Gasteiger partial charge in [-0.15, -0.1) is 0 Å². The number of rotatable bonds is 1. The molecule has 1 heterocycles. The number of aryl methyl sites for hydroxylation is 2. The molecule has 3 aromatic rings. The maximum absolute atomic E-state index is 5.86. The largest absolute Gasteiger partial charge is 1.00 e. The minimum Gasteiger partial charge on any atom is -1.00 e. The zero-order valence-corrected chi connectivity index (χ0v) is 15.5. The van der Waals surface area contributed by atoms with Crippen LogP contribution >= 0.6 is 11.3 Å². The maximum Gasteiger partial charge on any atom is 0.330 e. The Hall–Kier alpha value is -1.40. The van der Waals surface area contributed by atoms with Gasteiger partial charge in [0.05, 0.1) is 4.88 Å². The predicted molar refractivity (Wildman–Crippen MR) is 88.4 cm³/mol. The van der Waals surface area contributed by atoms with E-state index in [1.54, 1.807) is 11.3 Å². The predicted octanol–water partition coefficient (Wildman–Crippen LogP) is 1.00. The smallest absolute Gasteiger partial charge is 0.330 e. The van der Waals surface area contributed by atoms with E-state index >= 15 is 0 Å². The second-order valence-electron chi connectivity index (χ2n) is 5.81. The monoisotopic (exact) mass is 420 g/mol. The van der Waals surface area contributed by atoms with Crippen LogP contribution in [-0.2, 0) is 6.42 Å². The summed E-state index contributed by atoms with van der Waals surface area (Å²) in [4.78, 5) is 4.63. The zero-order valence-electron chi connectivity index (χ0n) is 12.5. The van der Waals surface area contributed by atoms with Crippen LogP contribution in [0.25, 0.3) is 22.4 Å². The molecule has 0 fully saturated rings. The highest BCUT2D eigenvalue weighted by molar-refractivity contribution is 7.15. The van der Waals surface area contributed by atoms with E-state index in [2.05, 4.69) is 55.2 Å². The molecule has 4 rings (SSSR count). The van der Waals surface area contributed by atoms with Crippen LogP contribution in [0.4, 0.5) is 5.13 Å². The summed E-state index contributed by atoms with van der Waals surface area (Å²) >= 11 is 1.66. The van der Waals surface area contributed by atoms with Crippen LogP contribution in [0.5, 0.6) is 0 Å². The fourth-order valence-electron chi connectivity index (χ4n) is 3.22. The maximum atomic E-state index is 5.86.